The number of nitrogens with one attached hydrogen (secondary N) is 2. The summed E-state index contributed by atoms with van der Waals surface area (Å²) in [6, 6.07) is 13.5. The second-order valence-electron chi connectivity index (χ2n) is 4.44. The van der Waals surface area contributed by atoms with Gasteiger partial charge in [-0.15, -0.1) is 0 Å². The monoisotopic (exact) mass is 259 g/mol. The van der Waals surface area contributed by atoms with Crippen LogP contribution in [0.25, 0.3) is 0 Å². The van der Waals surface area contributed by atoms with E-state index < -0.39 is 6.10 Å². The van der Waals surface area contributed by atoms with Gasteiger partial charge < -0.3 is 9.84 Å². The summed E-state index contributed by atoms with van der Waals surface area (Å²) < 4.78 is 5.48. The molecule has 1 aromatic heterocycles. The van der Waals surface area contributed by atoms with Gasteiger partial charge in [0.15, 0.2) is 0 Å². The molecular formula is C15H19N2O2+. The zero-order valence-electron chi connectivity index (χ0n) is 11.0. The fraction of sp³-hybridized carbons (Fsp3) is 0.267. The summed E-state index contributed by atoms with van der Waals surface area (Å²) in [4.78, 5) is 3.08. The summed E-state index contributed by atoms with van der Waals surface area (Å²) in [5.74, 6) is 1.66. The Bertz CT molecular complexity index is 503. The van der Waals surface area contributed by atoms with Crippen molar-refractivity contribution in [3.05, 3.63) is 54.2 Å². The van der Waals surface area contributed by atoms with Crippen molar-refractivity contribution in [3.63, 3.8) is 0 Å². The molecule has 0 aliphatic rings. The number of anilines is 1. The number of aromatic nitrogens is 1. The molecule has 2 aromatic rings. The Balaban J connectivity index is 1.74. The third-order valence-corrected chi connectivity index (χ3v) is 2.67. The van der Waals surface area contributed by atoms with Crippen molar-refractivity contribution in [3.8, 4) is 5.75 Å². The highest BCUT2D eigenvalue weighted by molar-refractivity contribution is 5.31. The van der Waals surface area contributed by atoms with E-state index in [0.717, 1.165) is 17.1 Å². The Morgan fingerprint density at radius 2 is 2.05 bits per heavy atom. The molecule has 0 aliphatic carbocycles. The molecule has 100 valence electrons. The maximum Gasteiger partial charge on any atom is 0.272 e. The first kappa shape index (κ1) is 13.4. The molecule has 19 heavy (non-hydrogen) atoms. The van der Waals surface area contributed by atoms with Crippen molar-refractivity contribution in [1.82, 2.24) is 0 Å². The van der Waals surface area contributed by atoms with Crippen molar-refractivity contribution in [2.75, 3.05) is 18.5 Å². The molecule has 0 saturated carbocycles. The molecule has 1 heterocycles. The van der Waals surface area contributed by atoms with E-state index in [0.29, 0.717) is 6.54 Å². The fourth-order valence-corrected chi connectivity index (χ4v) is 1.68. The SMILES string of the molecule is Cc1cc[nH+]c(NC[C@H](O)COc2ccccc2)c1. The van der Waals surface area contributed by atoms with E-state index in [1.807, 2.05) is 55.6 Å². The zero-order chi connectivity index (χ0) is 13.5. The van der Waals surface area contributed by atoms with E-state index in [1.54, 1.807) is 0 Å². The minimum absolute atomic E-state index is 0.267. The third kappa shape index (κ3) is 4.60. The summed E-state index contributed by atoms with van der Waals surface area (Å²) in [5.41, 5.74) is 1.16. The number of aromatic amines is 1. The molecule has 3 N–H and O–H groups in total. The van der Waals surface area contributed by atoms with Crippen LogP contribution in [0.3, 0.4) is 0 Å². The van der Waals surface area contributed by atoms with Crippen molar-refractivity contribution >= 4 is 5.82 Å². The van der Waals surface area contributed by atoms with E-state index in [2.05, 4.69) is 10.3 Å². The van der Waals surface area contributed by atoms with Crippen LogP contribution in [0, 0.1) is 6.92 Å². The first-order chi connectivity index (χ1) is 9.24. The zero-order valence-corrected chi connectivity index (χ0v) is 11.0. The number of pyridine rings is 1. The summed E-state index contributed by atoms with van der Waals surface area (Å²) in [5, 5.41) is 13.0. The molecule has 0 spiro atoms. The molecular weight excluding hydrogens is 240 g/mol. The van der Waals surface area contributed by atoms with Gasteiger partial charge in [0.1, 0.15) is 25.0 Å². The van der Waals surface area contributed by atoms with Gasteiger partial charge in [0, 0.05) is 6.07 Å². The molecule has 2 rings (SSSR count). The lowest BCUT2D eigenvalue weighted by atomic mass is 10.3. The van der Waals surface area contributed by atoms with Crippen LogP contribution in [0.15, 0.2) is 48.7 Å². The number of benzene rings is 1. The number of rotatable bonds is 6. The topological polar surface area (TPSA) is 55.6 Å². The Labute approximate surface area is 113 Å². The van der Waals surface area contributed by atoms with Crippen LogP contribution in [0.1, 0.15) is 5.56 Å². The van der Waals surface area contributed by atoms with Gasteiger partial charge in [0.05, 0.1) is 6.20 Å². The van der Waals surface area contributed by atoms with Crippen molar-refractivity contribution in [1.29, 1.82) is 0 Å². The van der Waals surface area contributed by atoms with E-state index in [-0.39, 0.29) is 6.61 Å². The van der Waals surface area contributed by atoms with Gasteiger partial charge in [-0.3, -0.25) is 5.32 Å². The predicted octanol–water partition coefficient (Wildman–Crippen LogP) is 1.66. The molecule has 0 amide bonds. The Morgan fingerprint density at radius 3 is 2.79 bits per heavy atom. The highest BCUT2D eigenvalue weighted by Crippen LogP contribution is 2.08. The van der Waals surface area contributed by atoms with Crippen LogP contribution in [-0.2, 0) is 0 Å². The van der Waals surface area contributed by atoms with Crippen molar-refractivity contribution in [2.24, 2.45) is 0 Å². The summed E-state index contributed by atoms with van der Waals surface area (Å²) in [7, 11) is 0. The van der Waals surface area contributed by atoms with Crippen LogP contribution in [-0.4, -0.2) is 24.4 Å². The predicted molar refractivity (Wildman–Crippen MR) is 74.2 cm³/mol. The van der Waals surface area contributed by atoms with E-state index in [4.69, 9.17) is 4.74 Å². The van der Waals surface area contributed by atoms with Crippen LogP contribution in [0.2, 0.25) is 0 Å². The second kappa shape index (κ2) is 6.75. The Morgan fingerprint density at radius 1 is 1.26 bits per heavy atom. The Hall–Kier alpha value is -2.07. The molecule has 0 saturated heterocycles. The highest BCUT2D eigenvalue weighted by Gasteiger charge is 2.09. The normalized spacial score (nSPS) is 11.9. The van der Waals surface area contributed by atoms with Gasteiger partial charge in [0.25, 0.3) is 5.82 Å². The van der Waals surface area contributed by atoms with Gasteiger partial charge in [-0.2, -0.15) is 0 Å². The molecule has 4 heteroatoms. The molecule has 0 aliphatic heterocycles. The second-order valence-corrected chi connectivity index (χ2v) is 4.44. The third-order valence-electron chi connectivity index (χ3n) is 2.67. The lowest BCUT2D eigenvalue weighted by Gasteiger charge is -2.10. The Kier molecular flexibility index (Phi) is 4.75. The number of H-pyrrole nitrogens is 1. The summed E-state index contributed by atoms with van der Waals surface area (Å²) in [6.07, 6.45) is 1.30. The fourth-order valence-electron chi connectivity index (χ4n) is 1.68. The number of aliphatic hydroxyl groups excluding tert-OH is 1. The summed E-state index contributed by atoms with van der Waals surface area (Å²) in [6.45, 7) is 2.73. The average Bonchev–Trinajstić information content (AvgIpc) is 2.44. The lowest BCUT2D eigenvalue weighted by molar-refractivity contribution is -0.361. The number of hydrogen-bond acceptors (Lipinski definition) is 3. The van der Waals surface area contributed by atoms with E-state index in [9.17, 15) is 5.11 Å². The number of aliphatic hydroxyl groups is 1. The quantitative estimate of drug-likeness (QED) is 0.829. The lowest BCUT2D eigenvalue weighted by Crippen LogP contribution is -2.28. The standard InChI is InChI=1S/C15H18N2O2/c1-12-7-8-16-15(9-12)17-10-13(18)11-19-14-5-3-2-4-6-14/h2-9,13,18H,10-11H2,1H3,(H,16,17)/p+1/t13-/m0/s1. The van der Waals surface area contributed by atoms with Crippen molar-refractivity contribution < 1.29 is 14.8 Å². The molecule has 1 atom stereocenters. The molecule has 0 fully saturated rings. The maximum absolute atomic E-state index is 9.84. The molecule has 0 bridgehead atoms. The minimum atomic E-state index is -0.561. The molecule has 4 nitrogen and oxygen atoms in total. The smallest absolute Gasteiger partial charge is 0.272 e. The minimum Gasteiger partial charge on any atom is -0.491 e. The first-order valence-electron chi connectivity index (χ1n) is 6.32. The maximum atomic E-state index is 9.84. The van der Waals surface area contributed by atoms with E-state index >= 15 is 0 Å². The van der Waals surface area contributed by atoms with Crippen LogP contribution in [0.5, 0.6) is 5.75 Å². The van der Waals surface area contributed by atoms with Gasteiger partial charge in [-0.05, 0) is 30.7 Å². The van der Waals surface area contributed by atoms with Gasteiger partial charge in [-0.1, -0.05) is 18.2 Å². The largest absolute Gasteiger partial charge is 0.491 e. The average molecular weight is 259 g/mol. The number of aryl methyl sites for hydroxylation is 1. The van der Waals surface area contributed by atoms with Crippen molar-refractivity contribution in [2.45, 2.75) is 13.0 Å². The van der Waals surface area contributed by atoms with E-state index in [1.165, 1.54) is 0 Å². The van der Waals surface area contributed by atoms with Gasteiger partial charge in [0.2, 0.25) is 0 Å². The molecule has 0 radical (unpaired) electrons. The molecule has 0 unspecified atom stereocenters. The molecule has 1 aromatic carbocycles. The number of para-hydroxylation sites is 1. The van der Waals surface area contributed by atoms with Gasteiger partial charge >= 0.3 is 0 Å². The van der Waals surface area contributed by atoms with Crippen LogP contribution >= 0.6 is 0 Å². The number of ether oxygens (including phenoxy) is 1. The highest BCUT2D eigenvalue weighted by atomic mass is 16.5. The summed E-state index contributed by atoms with van der Waals surface area (Å²) >= 11 is 0. The van der Waals surface area contributed by atoms with Crippen LogP contribution in [0.4, 0.5) is 5.82 Å². The van der Waals surface area contributed by atoms with Gasteiger partial charge in [-0.25, -0.2) is 4.98 Å². The number of hydrogen-bond donors (Lipinski definition) is 2. The van der Waals surface area contributed by atoms with Crippen LogP contribution < -0.4 is 15.0 Å². The first-order valence-corrected chi connectivity index (χ1v) is 6.32.